The molecule has 0 fully saturated rings. The number of fused-ring (bicyclic) bond motifs is 1. The second-order valence-electron chi connectivity index (χ2n) is 6.75. The average Bonchev–Trinajstić information content (AvgIpc) is 2.69. The van der Waals surface area contributed by atoms with E-state index < -0.39 is 10.0 Å². The van der Waals surface area contributed by atoms with E-state index >= 15 is 0 Å². The Morgan fingerprint density at radius 3 is 2.21 bits per heavy atom. The van der Waals surface area contributed by atoms with E-state index in [1.807, 2.05) is 61.5 Å². The molecule has 0 saturated heterocycles. The SMILES string of the molecule is CCc1ccc(N(CC(=O)NCc2ccc3ccccc3c2)S(C)(=O)=O)cc1. The number of sulfonamides is 1. The van der Waals surface area contributed by atoms with Gasteiger partial charge in [-0.25, -0.2) is 8.42 Å². The molecule has 3 aromatic carbocycles. The van der Waals surface area contributed by atoms with E-state index in [9.17, 15) is 13.2 Å². The number of rotatable bonds is 7. The van der Waals surface area contributed by atoms with Gasteiger partial charge in [-0.2, -0.15) is 0 Å². The van der Waals surface area contributed by atoms with E-state index in [-0.39, 0.29) is 12.5 Å². The highest BCUT2D eigenvalue weighted by Crippen LogP contribution is 2.19. The van der Waals surface area contributed by atoms with E-state index in [2.05, 4.69) is 5.32 Å². The zero-order chi connectivity index (χ0) is 20.1. The number of nitrogens with one attached hydrogen (secondary N) is 1. The number of anilines is 1. The van der Waals surface area contributed by atoms with E-state index in [4.69, 9.17) is 0 Å². The van der Waals surface area contributed by atoms with Crippen LogP contribution in [0.4, 0.5) is 5.69 Å². The molecule has 28 heavy (non-hydrogen) atoms. The number of amides is 1. The molecule has 3 aromatic rings. The zero-order valence-corrected chi connectivity index (χ0v) is 16.9. The van der Waals surface area contributed by atoms with Crippen LogP contribution in [0.15, 0.2) is 66.7 Å². The Morgan fingerprint density at radius 1 is 0.929 bits per heavy atom. The highest BCUT2D eigenvalue weighted by atomic mass is 32.2. The van der Waals surface area contributed by atoms with Crippen molar-refractivity contribution in [2.24, 2.45) is 0 Å². The van der Waals surface area contributed by atoms with Gasteiger partial charge in [0.1, 0.15) is 6.54 Å². The summed E-state index contributed by atoms with van der Waals surface area (Å²) in [6, 6.07) is 21.2. The molecule has 1 N–H and O–H groups in total. The van der Waals surface area contributed by atoms with Crippen LogP contribution in [-0.4, -0.2) is 27.1 Å². The molecular formula is C22H24N2O3S. The fourth-order valence-corrected chi connectivity index (χ4v) is 3.89. The molecule has 0 radical (unpaired) electrons. The van der Waals surface area contributed by atoms with Gasteiger partial charge in [0, 0.05) is 6.54 Å². The number of hydrogen-bond donors (Lipinski definition) is 1. The average molecular weight is 397 g/mol. The first-order chi connectivity index (χ1) is 13.4. The Hall–Kier alpha value is -2.86. The van der Waals surface area contributed by atoms with Crippen LogP contribution in [0.5, 0.6) is 0 Å². The number of aryl methyl sites for hydroxylation is 1. The van der Waals surface area contributed by atoms with Gasteiger partial charge in [-0.3, -0.25) is 9.10 Å². The molecular weight excluding hydrogens is 372 g/mol. The molecule has 0 aliphatic rings. The Labute approximate surface area is 166 Å². The molecule has 0 heterocycles. The summed E-state index contributed by atoms with van der Waals surface area (Å²) in [4.78, 5) is 12.4. The third kappa shape index (κ3) is 4.89. The summed E-state index contributed by atoms with van der Waals surface area (Å²) in [5.41, 5.74) is 2.56. The lowest BCUT2D eigenvalue weighted by Crippen LogP contribution is -2.40. The van der Waals surface area contributed by atoms with E-state index in [0.717, 1.165) is 38.9 Å². The van der Waals surface area contributed by atoms with Crippen LogP contribution in [0, 0.1) is 0 Å². The largest absolute Gasteiger partial charge is 0.350 e. The van der Waals surface area contributed by atoms with Gasteiger partial charge >= 0.3 is 0 Å². The molecule has 1 amide bonds. The molecule has 0 aliphatic heterocycles. The lowest BCUT2D eigenvalue weighted by Gasteiger charge is -2.22. The van der Waals surface area contributed by atoms with Crippen molar-refractivity contribution in [3.63, 3.8) is 0 Å². The number of hydrogen-bond acceptors (Lipinski definition) is 3. The van der Waals surface area contributed by atoms with Crippen LogP contribution < -0.4 is 9.62 Å². The van der Waals surface area contributed by atoms with E-state index in [0.29, 0.717) is 12.2 Å². The molecule has 0 aliphatic carbocycles. The van der Waals surface area contributed by atoms with Crippen molar-refractivity contribution in [3.8, 4) is 0 Å². The normalized spacial score (nSPS) is 11.4. The van der Waals surface area contributed by atoms with Crippen molar-refractivity contribution in [2.75, 3.05) is 17.1 Å². The maximum atomic E-state index is 12.4. The quantitative estimate of drug-likeness (QED) is 0.665. The highest BCUT2D eigenvalue weighted by Gasteiger charge is 2.20. The molecule has 5 nitrogen and oxygen atoms in total. The summed E-state index contributed by atoms with van der Waals surface area (Å²) in [7, 11) is -3.57. The molecule has 0 atom stereocenters. The van der Waals surface area contributed by atoms with Gasteiger partial charge in [-0.15, -0.1) is 0 Å². The fourth-order valence-electron chi connectivity index (χ4n) is 3.03. The maximum Gasteiger partial charge on any atom is 0.241 e. The minimum Gasteiger partial charge on any atom is -0.350 e. The van der Waals surface area contributed by atoms with Crippen molar-refractivity contribution in [3.05, 3.63) is 77.9 Å². The lowest BCUT2D eigenvalue weighted by atomic mass is 10.1. The molecule has 0 spiro atoms. The van der Waals surface area contributed by atoms with E-state index in [1.165, 1.54) is 0 Å². The predicted octanol–water partition coefficient (Wildman–Crippen LogP) is 3.48. The van der Waals surface area contributed by atoms with Gasteiger partial charge in [-0.05, 0) is 46.5 Å². The second-order valence-corrected chi connectivity index (χ2v) is 8.65. The zero-order valence-electron chi connectivity index (χ0n) is 16.1. The second kappa shape index (κ2) is 8.44. The molecule has 3 rings (SSSR count). The van der Waals surface area contributed by atoms with Crippen molar-refractivity contribution in [1.82, 2.24) is 5.32 Å². The summed E-state index contributed by atoms with van der Waals surface area (Å²) in [5.74, 6) is -0.349. The van der Waals surface area contributed by atoms with Crippen LogP contribution in [0.3, 0.4) is 0 Å². The smallest absolute Gasteiger partial charge is 0.241 e. The first-order valence-electron chi connectivity index (χ1n) is 9.18. The summed E-state index contributed by atoms with van der Waals surface area (Å²) in [6.07, 6.45) is 1.97. The molecule has 6 heteroatoms. The van der Waals surface area contributed by atoms with Gasteiger partial charge in [0.25, 0.3) is 0 Å². The molecule has 146 valence electrons. The first kappa shape index (κ1) is 19.9. The fraction of sp³-hybridized carbons (Fsp3) is 0.227. The minimum atomic E-state index is -3.57. The first-order valence-corrected chi connectivity index (χ1v) is 11.0. The number of carbonyl (C=O) groups excluding carboxylic acids is 1. The highest BCUT2D eigenvalue weighted by molar-refractivity contribution is 7.92. The van der Waals surface area contributed by atoms with Crippen LogP contribution in [0.2, 0.25) is 0 Å². The monoisotopic (exact) mass is 396 g/mol. The Balaban J connectivity index is 1.69. The summed E-state index contributed by atoms with van der Waals surface area (Å²) < 4.78 is 25.5. The third-order valence-electron chi connectivity index (χ3n) is 4.62. The topological polar surface area (TPSA) is 66.5 Å². The van der Waals surface area contributed by atoms with Gasteiger partial charge in [0.05, 0.1) is 11.9 Å². The Morgan fingerprint density at radius 2 is 1.57 bits per heavy atom. The summed E-state index contributed by atoms with van der Waals surface area (Å²) >= 11 is 0. The summed E-state index contributed by atoms with van der Waals surface area (Å²) in [6.45, 7) is 2.12. The minimum absolute atomic E-state index is 0.252. The van der Waals surface area contributed by atoms with Crippen molar-refractivity contribution in [1.29, 1.82) is 0 Å². The number of benzene rings is 3. The van der Waals surface area contributed by atoms with Crippen molar-refractivity contribution >= 4 is 32.4 Å². The lowest BCUT2D eigenvalue weighted by molar-refractivity contribution is -0.119. The molecule has 0 bridgehead atoms. The van der Waals surface area contributed by atoms with Crippen LogP contribution in [0.25, 0.3) is 10.8 Å². The molecule has 0 aromatic heterocycles. The van der Waals surface area contributed by atoms with Crippen molar-refractivity contribution < 1.29 is 13.2 Å². The maximum absolute atomic E-state index is 12.4. The van der Waals surface area contributed by atoms with E-state index in [1.54, 1.807) is 12.1 Å². The third-order valence-corrected chi connectivity index (χ3v) is 5.76. The molecule has 0 unspecified atom stereocenters. The van der Waals surface area contributed by atoms with Crippen LogP contribution in [0.1, 0.15) is 18.1 Å². The Bertz CT molecular complexity index is 1080. The number of nitrogens with zero attached hydrogens (tertiary/aromatic N) is 1. The van der Waals surface area contributed by atoms with Gasteiger partial charge in [0.15, 0.2) is 0 Å². The van der Waals surface area contributed by atoms with Crippen LogP contribution in [-0.2, 0) is 27.8 Å². The standard InChI is InChI=1S/C22H24N2O3S/c1-3-17-9-12-21(13-10-17)24(28(2,26)27)16-22(25)23-15-18-8-11-19-6-4-5-7-20(19)14-18/h4-14H,3,15-16H2,1-2H3,(H,23,25). The van der Waals surface area contributed by atoms with Gasteiger partial charge in [0.2, 0.25) is 15.9 Å². The summed E-state index contributed by atoms with van der Waals surface area (Å²) in [5, 5.41) is 5.05. The van der Waals surface area contributed by atoms with Crippen molar-refractivity contribution in [2.45, 2.75) is 19.9 Å². The number of carbonyl (C=O) groups is 1. The Kier molecular flexibility index (Phi) is 5.99. The van der Waals surface area contributed by atoms with Crippen LogP contribution >= 0.6 is 0 Å². The predicted molar refractivity (Wildman–Crippen MR) is 114 cm³/mol. The van der Waals surface area contributed by atoms with Gasteiger partial charge in [-0.1, -0.05) is 55.5 Å². The van der Waals surface area contributed by atoms with Gasteiger partial charge < -0.3 is 5.32 Å². The molecule has 0 saturated carbocycles.